The number of benzene rings is 1. The minimum atomic E-state index is 0.716. The molecule has 0 saturated heterocycles. The SMILES string of the molecule is C1=NC(=C(c2ccc[nH]2)c2ccnc3ccccc23)N=C1. The molecule has 2 aromatic heterocycles. The van der Waals surface area contributed by atoms with Crippen LogP contribution in [0.2, 0.25) is 0 Å². The van der Waals surface area contributed by atoms with E-state index in [4.69, 9.17) is 0 Å². The lowest BCUT2D eigenvalue weighted by Gasteiger charge is -2.10. The topological polar surface area (TPSA) is 53.4 Å². The summed E-state index contributed by atoms with van der Waals surface area (Å²) in [5.41, 5.74) is 4.03. The van der Waals surface area contributed by atoms with Crippen LogP contribution in [0.4, 0.5) is 0 Å². The van der Waals surface area contributed by atoms with Gasteiger partial charge in [-0.15, -0.1) is 0 Å². The minimum absolute atomic E-state index is 0.716. The highest BCUT2D eigenvalue weighted by molar-refractivity contribution is 6.19. The predicted octanol–water partition coefficient (Wildman–Crippen LogP) is 3.44. The summed E-state index contributed by atoms with van der Waals surface area (Å²) in [6.07, 6.45) is 7.15. The van der Waals surface area contributed by atoms with Crippen LogP contribution in [0.1, 0.15) is 11.3 Å². The van der Waals surface area contributed by atoms with Crippen molar-refractivity contribution in [3.05, 3.63) is 71.9 Å². The summed E-state index contributed by atoms with van der Waals surface area (Å²) in [5, 5.41) is 1.09. The second-order valence-corrected chi connectivity index (χ2v) is 4.71. The van der Waals surface area contributed by atoms with E-state index in [1.54, 1.807) is 12.4 Å². The molecule has 1 aromatic carbocycles. The number of aromatic amines is 1. The molecule has 3 heterocycles. The van der Waals surface area contributed by atoms with Gasteiger partial charge in [0.25, 0.3) is 0 Å². The Balaban J connectivity index is 2.06. The highest BCUT2D eigenvalue weighted by Crippen LogP contribution is 2.32. The van der Waals surface area contributed by atoms with Gasteiger partial charge in [0, 0.05) is 35.9 Å². The van der Waals surface area contributed by atoms with E-state index in [1.165, 1.54) is 0 Å². The van der Waals surface area contributed by atoms with Crippen LogP contribution in [0, 0.1) is 0 Å². The summed E-state index contributed by atoms with van der Waals surface area (Å²) in [7, 11) is 0. The van der Waals surface area contributed by atoms with Crippen LogP contribution in [-0.4, -0.2) is 22.4 Å². The first-order valence-corrected chi connectivity index (χ1v) is 6.72. The molecular weight excluding hydrogens is 260 g/mol. The maximum absolute atomic E-state index is 4.42. The number of hydrogen-bond acceptors (Lipinski definition) is 3. The van der Waals surface area contributed by atoms with Gasteiger partial charge in [0.2, 0.25) is 0 Å². The number of aliphatic imine (C=N–C) groups is 2. The number of nitrogens with one attached hydrogen (secondary N) is 1. The lowest BCUT2D eigenvalue weighted by atomic mass is 9.99. The fraction of sp³-hybridized carbons (Fsp3) is 0. The standard InChI is InChI=1S/C17H12N4/c1-2-5-14-12(4-1)13(7-9-19-14)16(15-6-3-8-18-15)17-20-10-11-21-17/h1-11,18H. The first-order chi connectivity index (χ1) is 10.4. The Hall–Kier alpha value is -3.01. The van der Waals surface area contributed by atoms with E-state index < -0.39 is 0 Å². The molecule has 4 nitrogen and oxygen atoms in total. The van der Waals surface area contributed by atoms with Crippen LogP contribution in [0.3, 0.4) is 0 Å². The van der Waals surface area contributed by atoms with Crippen LogP contribution in [0.25, 0.3) is 16.5 Å². The number of H-pyrrole nitrogens is 1. The van der Waals surface area contributed by atoms with E-state index in [1.807, 2.05) is 48.8 Å². The van der Waals surface area contributed by atoms with E-state index in [9.17, 15) is 0 Å². The summed E-state index contributed by atoms with van der Waals surface area (Å²) in [6, 6.07) is 14.1. The van der Waals surface area contributed by atoms with Crippen molar-refractivity contribution in [3.63, 3.8) is 0 Å². The Bertz CT molecular complexity index is 867. The molecule has 1 aliphatic heterocycles. The molecule has 1 N–H and O–H groups in total. The highest BCUT2D eigenvalue weighted by Gasteiger charge is 2.16. The fourth-order valence-electron chi connectivity index (χ4n) is 2.56. The van der Waals surface area contributed by atoms with Gasteiger partial charge >= 0.3 is 0 Å². The first-order valence-electron chi connectivity index (χ1n) is 6.72. The number of rotatable bonds is 2. The lowest BCUT2D eigenvalue weighted by Crippen LogP contribution is -1.94. The summed E-state index contributed by atoms with van der Waals surface area (Å²) in [5.74, 6) is 0.716. The number of fused-ring (bicyclic) bond motifs is 1. The molecule has 0 unspecified atom stereocenters. The number of nitrogens with zero attached hydrogens (tertiary/aromatic N) is 3. The van der Waals surface area contributed by atoms with Crippen molar-refractivity contribution < 1.29 is 0 Å². The molecule has 0 spiro atoms. The molecule has 4 rings (SSSR count). The average Bonchev–Trinajstić information content (AvgIpc) is 3.22. The molecule has 100 valence electrons. The molecule has 1 aliphatic rings. The van der Waals surface area contributed by atoms with E-state index >= 15 is 0 Å². The third-order valence-electron chi connectivity index (χ3n) is 3.47. The zero-order chi connectivity index (χ0) is 14.1. The van der Waals surface area contributed by atoms with Gasteiger partial charge in [0.05, 0.1) is 11.1 Å². The normalized spacial score (nSPS) is 13.2. The van der Waals surface area contributed by atoms with E-state index in [2.05, 4.69) is 26.0 Å². The number of aromatic nitrogens is 2. The van der Waals surface area contributed by atoms with Crippen LogP contribution >= 0.6 is 0 Å². The maximum atomic E-state index is 4.42. The van der Waals surface area contributed by atoms with Crippen LogP contribution in [0.15, 0.2) is 70.7 Å². The van der Waals surface area contributed by atoms with E-state index in [0.29, 0.717) is 5.82 Å². The molecular formula is C17H12N4. The van der Waals surface area contributed by atoms with Gasteiger partial charge in [-0.05, 0) is 29.8 Å². The fourth-order valence-corrected chi connectivity index (χ4v) is 2.56. The molecule has 0 saturated carbocycles. The molecule has 0 aliphatic carbocycles. The zero-order valence-electron chi connectivity index (χ0n) is 11.2. The van der Waals surface area contributed by atoms with Gasteiger partial charge in [-0.3, -0.25) is 4.98 Å². The molecule has 4 heteroatoms. The lowest BCUT2D eigenvalue weighted by molar-refractivity contribution is 1.25. The Labute approximate surface area is 121 Å². The second kappa shape index (κ2) is 4.83. The van der Waals surface area contributed by atoms with Crippen molar-refractivity contribution in [2.75, 3.05) is 0 Å². The van der Waals surface area contributed by atoms with Gasteiger partial charge < -0.3 is 4.98 Å². The van der Waals surface area contributed by atoms with Crippen molar-refractivity contribution in [2.24, 2.45) is 9.98 Å². The monoisotopic (exact) mass is 272 g/mol. The third-order valence-corrected chi connectivity index (χ3v) is 3.47. The summed E-state index contributed by atoms with van der Waals surface area (Å²) < 4.78 is 0. The van der Waals surface area contributed by atoms with E-state index in [-0.39, 0.29) is 0 Å². The van der Waals surface area contributed by atoms with Crippen molar-refractivity contribution in [1.29, 1.82) is 0 Å². The van der Waals surface area contributed by atoms with Gasteiger partial charge in [-0.2, -0.15) is 0 Å². The molecule has 0 amide bonds. The molecule has 3 aromatic rings. The smallest absolute Gasteiger partial charge is 0.161 e. The number of hydrogen-bond donors (Lipinski definition) is 1. The van der Waals surface area contributed by atoms with Crippen LogP contribution in [-0.2, 0) is 0 Å². The Morgan fingerprint density at radius 3 is 2.57 bits per heavy atom. The van der Waals surface area contributed by atoms with Crippen LogP contribution in [0.5, 0.6) is 0 Å². The Kier molecular flexibility index (Phi) is 2.71. The third kappa shape index (κ3) is 1.97. The molecule has 0 radical (unpaired) electrons. The Morgan fingerprint density at radius 1 is 0.905 bits per heavy atom. The quantitative estimate of drug-likeness (QED) is 0.763. The highest BCUT2D eigenvalue weighted by atomic mass is 15.0. The first kappa shape index (κ1) is 11.8. The molecule has 0 fully saturated rings. The number of pyridine rings is 1. The summed E-state index contributed by atoms with van der Waals surface area (Å²) in [6.45, 7) is 0. The average molecular weight is 272 g/mol. The van der Waals surface area contributed by atoms with Gasteiger partial charge in [-0.1, -0.05) is 18.2 Å². The second-order valence-electron chi connectivity index (χ2n) is 4.71. The minimum Gasteiger partial charge on any atom is -0.361 e. The van der Waals surface area contributed by atoms with Crippen LogP contribution < -0.4 is 0 Å². The van der Waals surface area contributed by atoms with Crippen molar-refractivity contribution in [1.82, 2.24) is 9.97 Å². The molecule has 0 atom stereocenters. The zero-order valence-corrected chi connectivity index (χ0v) is 11.2. The van der Waals surface area contributed by atoms with Crippen molar-refractivity contribution >= 4 is 28.9 Å². The summed E-state index contributed by atoms with van der Waals surface area (Å²) >= 11 is 0. The Morgan fingerprint density at radius 2 is 1.76 bits per heavy atom. The van der Waals surface area contributed by atoms with Gasteiger partial charge in [0.15, 0.2) is 5.82 Å². The largest absolute Gasteiger partial charge is 0.361 e. The van der Waals surface area contributed by atoms with Crippen molar-refractivity contribution in [3.8, 4) is 0 Å². The van der Waals surface area contributed by atoms with E-state index in [0.717, 1.165) is 27.7 Å². The predicted molar refractivity (Wildman–Crippen MR) is 85.5 cm³/mol. The maximum Gasteiger partial charge on any atom is 0.161 e. The van der Waals surface area contributed by atoms with Gasteiger partial charge in [-0.25, -0.2) is 9.98 Å². The van der Waals surface area contributed by atoms with Crippen molar-refractivity contribution in [2.45, 2.75) is 0 Å². The summed E-state index contributed by atoms with van der Waals surface area (Å²) in [4.78, 5) is 16.4. The molecule has 21 heavy (non-hydrogen) atoms. The molecule has 0 bridgehead atoms. The van der Waals surface area contributed by atoms with Gasteiger partial charge in [0.1, 0.15) is 0 Å². The number of para-hydroxylation sites is 1.